The largest absolute Gasteiger partial charge is 0.363 e. The summed E-state index contributed by atoms with van der Waals surface area (Å²) in [5.41, 5.74) is 0.690. The van der Waals surface area contributed by atoms with Crippen LogP contribution in [0.4, 0.5) is 22.0 Å². The number of aromatic nitrogens is 1. The third-order valence-electron chi connectivity index (χ3n) is 3.09. The number of pyridine rings is 1. The van der Waals surface area contributed by atoms with Gasteiger partial charge in [-0.1, -0.05) is 17.7 Å². The number of hydrogen-bond acceptors (Lipinski definition) is 5. The number of benzene rings is 1. The third kappa shape index (κ3) is 4.56. The molecule has 9 heteroatoms. The summed E-state index contributed by atoms with van der Waals surface area (Å²) in [4.78, 5) is 28.4. The zero-order valence-corrected chi connectivity index (χ0v) is 13.9. The lowest BCUT2D eigenvalue weighted by atomic mass is 10.3. The van der Waals surface area contributed by atoms with Crippen LogP contribution in [0.5, 0.6) is 0 Å². The molecule has 0 bridgehead atoms. The molecule has 0 saturated heterocycles. The fraction of sp³-hybridized carbons (Fsp3) is 0.200. The molecule has 0 aliphatic heterocycles. The van der Waals surface area contributed by atoms with Gasteiger partial charge in [0.25, 0.3) is 5.69 Å². The van der Waals surface area contributed by atoms with E-state index in [2.05, 4.69) is 15.6 Å². The molecule has 0 radical (unpaired) electrons. The summed E-state index contributed by atoms with van der Waals surface area (Å²) in [7, 11) is 3.74. The Morgan fingerprint density at radius 1 is 1.33 bits per heavy atom. The normalized spacial score (nSPS) is 10.1. The number of amides is 2. The summed E-state index contributed by atoms with van der Waals surface area (Å²) in [6.07, 6.45) is 0. The number of anilines is 2. The highest BCUT2D eigenvalue weighted by Crippen LogP contribution is 2.26. The van der Waals surface area contributed by atoms with E-state index in [4.69, 9.17) is 11.6 Å². The minimum absolute atomic E-state index is 0.157. The second-order valence-corrected chi connectivity index (χ2v) is 5.52. The monoisotopic (exact) mass is 349 g/mol. The van der Waals surface area contributed by atoms with Crippen LogP contribution in [0.1, 0.15) is 5.69 Å². The minimum Gasteiger partial charge on any atom is -0.363 e. The van der Waals surface area contributed by atoms with E-state index in [1.54, 1.807) is 6.07 Å². The third-order valence-corrected chi connectivity index (χ3v) is 3.42. The number of hydrogen-bond donors (Lipinski definition) is 2. The molecular weight excluding hydrogens is 334 g/mol. The van der Waals surface area contributed by atoms with Crippen LogP contribution in [0.25, 0.3) is 0 Å². The van der Waals surface area contributed by atoms with Gasteiger partial charge in [-0.15, -0.1) is 0 Å². The van der Waals surface area contributed by atoms with E-state index in [0.717, 1.165) is 5.82 Å². The fourth-order valence-electron chi connectivity index (χ4n) is 1.87. The molecule has 0 atom stereocenters. The first-order chi connectivity index (χ1) is 11.4. The number of urea groups is 1. The molecule has 0 aliphatic rings. The van der Waals surface area contributed by atoms with E-state index in [9.17, 15) is 14.9 Å². The average molecular weight is 350 g/mol. The quantitative estimate of drug-likeness (QED) is 0.638. The van der Waals surface area contributed by atoms with Crippen LogP contribution in [0, 0.1) is 10.1 Å². The maximum absolute atomic E-state index is 11.9. The van der Waals surface area contributed by atoms with Crippen LogP contribution in [0.2, 0.25) is 5.02 Å². The van der Waals surface area contributed by atoms with Crippen molar-refractivity contribution in [1.29, 1.82) is 0 Å². The lowest BCUT2D eigenvalue weighted by molar-refractivity contribution is -0.384. The number of halogens is 1. The van der Waals surface area contributed by atoms with Crippen molar-refractivity contribution in [2.24, 2.45) is 0 Å². The van der Waals surface area contributed by atoms with Crippen molar-refractivity contribution in [1.82, 2.24) is 10.3 Å². The first-order valence-corrected chi connectivity index (χ1v) is 7.36. The van der Waals surface area contributed by atoms with Gasteiger partial charge in [-0.25, -0.2) is 9.78 Å². The maximum Gasteiger partial charge on any atom is 0.319 e. The zero-order valence-electron chi connectivity index (χ0n) is 13.1. The van der Waals surface area contributed by atoms with Crippen LogP contribution >= 0.6 is 11.6 Å². The van der Waals surface area contributed by atoms with Gasteiger partial charge in [-0.05, 0) is 18.2 Å². The minimum atomic E-state index is -0.559. The maximum atomic E-state index is 11.9. The van der Waals surface area contributed by atoms with Crippen LogP contribution in [-0.2, 0) is 6.54 Å². The van der Waals surface area contributed by atoms with Crippen molar-refractivity contribution in [3.8, 4) is 0 Å². The summed E-state index contributed by atoms with van der Waals surface area (Å²) in [6, 6.07) is 8.77. The van der Waals surface area contributed by atoms with E-state index in [-0.39, 0.29) is 22.9 Å². The molecule has 1 aromatic heterocycles. The standard InChI is InChI=1S/C15H16ClN5O3/c1-20(2)14-5-3-4-10(18-14)9-17-15(22)19-13-8-11(21(23)24)6-7-12(13)16/h3-8H,9H2,1-2H3,(H2,17,19,22). The average Bonchev–Trinajstić information content (AvgIpc) is 2.55. The van der Waals surface area contributed by atoms with Crippen molar-refractivity contribution >= 4 is 34.8 Å². The zero-order chi connectivity index (χ0) is 17.7. The van der Waals surface area contributed by atoms with Gasteiger partial charge < -0.3 is 15.5 Å². The molecule has 0 saturated carbocycles. The molecule has 8 nitrogen and oxygen atoms in total. The Bertz CT molecular complexity index is 767. The Morgan fingerprint density at radius 3 is 2.75 bits per heavy atom. The van der Waals surface area contributed by atoms with Gasteiger partial charge in [0.15, 0.2) is 0 Å². The van der Waals surface area contributed by atoms with Crippen LogP contribution in [0.15, 0.2) is 36.4 Å². The smallest absolute Gasteiger partial charge is 0.319 e. The van der Waals surface area contributed by atoms with Crippen molar-refractivity contribution < 1.29 is 9.72 Å². The molecule has 2 amide bonds. The van der Waals surface area contributed by atoms with Crippen molar-refractivity contribution in [3.05, 3.63) is 57.2 Å². The van der Waals surface area contributed by atoms with Gasteiger partial charge in [0.2, 0.25) is 0 Å². The summed E-state index contributed by atoms with van der Waals surface area (Å²) in [6.45, 7) is 0.208. The number of nitro groups is 1. The van der Waals surface area contributed by atoms with Crippen LogP contribution in [-0.4, -0.2) is 30.0 Å². The molecule has 2 rings (SSSR count). The SMILES string of the molecule is CN(C)c1cccc(CNC(=O)Nc2cc([N+](=O)[O-])ccc2Cl)n1. The Kier molecular flexibility index (Phi) is 5.54. The first kappa shape index (κ1) is 17.5. The highest BCUT2D eigenvalue weighted by atomic mass is 35.5. The number of rotatable bonds is 5. The second kappa shape index (κ2) is 7.60. The van der Waals surface area contributed by atoms with Gasteiger partial charge in [0.05, 0.1) is 27.9 Å². The van der Waals surface area contributed by atoms with Crippen LogP contribution < -0.4 is 15.5 Å². The highest BCUT2D eigenvalue weighted by Gasteiger charge is 2.12. The first-order valence-electron chi connectivity index (χ1n) is 6.99. The predicted octanol–water partition coefficient (Wildman–Crippen LogP) is 3.03. The van der Waals surface area contributed by atoms with Crippen molar-refractivity contribution in [3.63, 3.8) is 0 Å². The Hall–Kier alpha value is -2.87. The fourth-order valence-corrected chi connectivity index (χ4v) is 2.04. The van der Waals surface area contributed by atoms with E-state index in [0.29, 0.717) is 5.69 Å². The molecule has 0 aliphatic carbocycles. The van der Waals surface area contributed by atoms with E-state index >= 15 is 0 Å². The second-order valence-electron chi connectivity index (χ2n) is 5.11. The van der Waals surface area contributed by atoms with E-state index in [1.165, 1.54) is 18.2 Å². The van der Waals surface area contributed by atoms with Gasteiger partial charge in [-0.2, -0.15) is 0 Å². The number of carbonyl (C=O) groups is 1. The van der Waals surface area contributed by atoms with Crippen molar-refractivity contribution in [2.75, 3.05) is 24.3 Å². The molecule has 0 unspecified atom stereocenters. The molecule has 1 heterocycles. The number of nitrogens with one attached hydrogen (secondary N) is 2. The molecule has 2 aromatic rings. The molecular formula is C15H16ClN5O3. The number of nitrogens with zero attached hydrogens (tertiary/aromatic N) is 3. The number of non-ortho nitro benzene ring substituents is 1. The summed E-state index contributed by atoms with van der Waals surface area (Å²) in [5, 5.41) is 16.1. The summed E-state index contributed by atoms with van der Waals surface area (Å²) < 4.78 is 0. The number of nitro benzene ring substituents is 1. The van der Waals surface area contributed by atoms with Crippen molar-refractivity contribution in [2.45, 2.75) is 6.54 Å². The molecule has 2 N–H and O–H groups in total. The Morgan fingerprint density at radius 2 is 2.08 bits per heavy atom. The topological polar surface area (TPSA) is 100 Å². The number of carbonyl (C=O) groups excluding carboxylic acids is 1. The van der Waals surface area contributed by atoms with Gasteiger partial charge in [-0.3, -0.25) is 10.1 Å². The van der Waals surface area contributed by atoms with Gasteiger partial charge >= 0.3 is 6.03 Å². The molecule has 24 heavy (non-hydrogen) atoms. The molecule has 0 fully saturated rings. The Balaban J connectivity index is 2.00. The molecule has 0 spiro atoms. The predicted molar refractivity (Wildman–Crippen MR) is 92.5 cm³/mol. The lowest BCUT2D eigenvalue weighted by Gasteiger charge is -2.13. The van der Waals surface area contributed by atoms with Gasteiger partial charge in [0.1, 0.15) is 5.82 Å². The summed E-state index contributed by atoms with van der Waals surface area (Å²) >= 11 is 5.93. The van der Waals surface area contributed by atoms with E-state index in [1.807, 2.05) is 31.1 Å². The molecule has 1 aromatic carbocycles. The van der Waals surface area contributed by atoms with Crippen LogP contribution in [0.3, 0.4) is 0 Å². The lowest BCUT2D eigenvalue weighted by Crippen LogP contribution is -2.28. The summed E-state index contributed by atoms with van der Waals surface area (Å²) in [5.74, 6) is 0.774. The Labute approximate surface area is 143 Å². The highest BCUT2D eigenvalue weighted by molar-refractivity contribution is 6.33. The molecule has 126 valence electrons. The van der Waals surface area contributed by atoms with E-state index < -0.39 is 11.0 Å². The van der Waals surface area contributed by atoms with Gasteiger partial charge in [0, 0.05) is 26.2 Å².